The van der Waals surface area contributed by atoms with Gasteiger partial charge in [-0.25, -0.2) is 21.2 Å². The first-order chi connectivity index (χ1) is 19.1. The van der Waals surface area contributed by atoms with Crippen LogP contribution in [0.15, 0.2) is 108 Å². The Morgan fingerprint density at radius 2 is 1.45 bits per heavy atom. The highest BCUT2D eigenvalue weighted by Gasteiger charge is 2.36. The SMILES string of the molecule is O=C(Nc1ccc(S(=O)(=O)Nc2ccc(F)cc2)cc1)[C@H]1CN(S(=O)(=O)Cc2ccccc2)c2ccccc2O1. The third-order valence-electron chi connectivity index (χ3n) is 6.08. The molecule has 0 bridgehead atoms. The third kappa shape index (κ3) is 6.08. The van der Waals surface area contributed by atoms with E-state index in [1.807, 2.05) is 0 Å². The van der Waals surface area contributed by atoms with Crippen molar-refractivity contribution < 1.29 is 30.8 Å². The molecular weight excluding hydrogens is 557 g/mol. The van der Waals surface area contributed by atoms with Crippen molar-refractivity contribution in [2.45, 2.75) is 16.8 Å². The van der Waals surface area contributed by atoms with Gasteiger partial charge in [-0.05, 0) is 66.2 Å². The molecule has 1 aliphatic heterocycles. The summed E-state index contributed by atoms with van der Waals surface area (Å²) in [6, 6.07) is 25.6. The Morgan fingerprint density at radius 3 is 2.15 bits per heavy atom. The van der Waals surface area contributed by atoms with Crippen LogP contribution >= 0.6 is 0 Å². The number of rotatable bonds is 8. The largest absolute Gasteiger partial charge is 0.476 e. The number of anilines is 3. The van der Waals surface area contributed by atoms with E-state index in [1.54, 1.807) is 54.6 Å². The summed E-state index contributed by atoms with van der Waals surface area (Å²) < 4.78 is 74.6. The number of hydrogen-bond acceptors (Lipinski definition) is 6. The zero-order valence-electron chi connectivity index (χ0n) is 20.9. The van der Waals surface area contributed by atoms with Crippen LogP contribution in [0, 0.1) is 5.82 Å². The number of carbonyl (C=O) groups is 1. The van der Waals surface area contributed by atoms with Gasteiger partial charge in [-0.1, -0.05) is 42.5 Å². The van der Waals surface area contributed by atoms with Crippen LogP contribution in [-0.4, -0.2) is 35.4 Å². The maximum Gasteiger partial charge on any atom is 0.267 e. The first-order valence-corrected chi connectivity index (χ1v) is 15.2. The molecule has 1 atom stereocenters. The molecule has 9 nitrogen and oxygen atoms in total. The van der Waals surface area contributed by atoms with Gasteiger partial charge in [-0.3, -0.25) is 13.8 Å². The average Bonchev–Trinajstić information content (AvgIpc) is 2.94. The maximum absolute atomic E-state index is 13.4. The number of nitrogens with one attached hydrogen (secondary N) is 2. The van der Waals surface area contributed by atoms with E-state index in [0.29, 0.717) is 11.3 Å². The predicted molar refractivity (Wildman–Crippen MR) is 150 cm³/mol. The number of fused-ring (bicyclic) bond motifs is 1. The lowest BCUT2D eigenvalue weighted by Crippen LogP contribution is -2.49. The second-order valence-electron chi connectivity index (χ2n) is 8.97. The van der Waals surface area contributed by atoms with Gasteiger partial charge < -0.3 is 10.1 Å². The molecule has 1 aliphatic rings. The van der Waals surface area contributed by atoms with Crippen molar-refractivity contribution in [2.75, 3.05) is 20.9 Å². The van der Waals surface area contributed by atoms with Crippen molar-refractivity contribution in [3.8, 4) is 5.75 Å². The molecule has 0 saturated carbocycles. The van der Waals surface area contributed by atoms with Gasteiger partial charge in [-0.2, -0.15) is 0 Å². The average molecular weight is 582 g/mol. The monoisotopic (exact) mass is 581 g/mol. The molecule has 0 saturated heterocycles. The van der Waals surface area contributed by atoms with Gasteiger partial charge in [0.05, 0.1) is 22.9 Å². The van der Waals surface area contributed by atoms with E-state index in [2.05, 4.69) is 10.0 Å². The molecule has 40 heavy (non-hydrogen) atoms. The molecule has 2 N–H and O–H groups in total. The zero-order chi connectivity index (χ0) is 28.3. The van der Waals surface area contributed by atoms with Crippen molar-refractivity contribution in [3.05, 3.63) is 115 Å². The second kappa shape index (κ2) is 11.0. The Labute approximate surface area is 231 Å². The van der Waals surface area contributed by atoms with E-state index in [-0.39, 0.29) is 34.3 Å². The van der Waals surface area contributed by atoms with Crippen molar-refractivity contribution in [3.63, 3.8) is 0 Å². The molecular formula is C28H24FN3O6S2. The Balaban J connectivity index is 1.31. The normalized spacial score (nSPS) is 15.0. The predicted octanol–water partition coefficient (Wildman–Crippen LogP) is 4.36. The molecule has 1 amide bonds. The summed E-state index contributed by atoms with van der Waals surface area (Å²) in [5, 5.41) is 2.66. The number of halogens is 1. The highest BCUT2D eigenvalue weighted by Crippen LogP contribution is 2.36. The van der Waals surface area contributed by atoms with E-state index in [4.69, 9.17) is 4.74 Å². The molecule has 0 aliphatic carbocycles. The van der Waals surface area contributed by atoms with E-state index in [0.717, 1.165) is 12.1 Å². The summed E-state index contributed by atoms with van der Waals surface area (Å²) in [7, 11) is -7.82. The molecule has 12 heteroatoms. The number of amides is 1. The quantitative estimate of drug-likeness (QED) is 0.319. The maximum atomic E-state index is 13.4. The molecule has 0 unspecified atom stereocenters. The molecule has 5 rings (SSSR count). The summed E-state index contributed by atoms with van der Waals surface area (Å²) in [4.78, 5) is 13.1. The first-order valence-electron chi connectivity index (χ1n) is 12.1. The Morgan fingerprint density at radius 1 is 0.825 bits per heavy atom. The summed E-state index contributed by atoms with van der Waals surface area (Å²) in [6.07, 6.45) is -1.16. The number of sulfonamides is 2. The molecule has 206 valence electrons. The third-order valence-corrected chi connectivity index (χ3v) is 9.20. The van der Waals surface area contributed by atoms with E-state index >= 15 is 0 Å². The van der Waals surface area contributed by atoms with Gasteiger partial charge in [0.2, 0.25) is 10.0 Å². The molecule has 0 aromatic heterocycles. The van der Waals surface area contributed by atoms with Gasteiger partial charge in [0.15, 0.2) is 6.10 Å². The number of benzene rings is 4. The van der Waals surface area contributed by atoms with Crippen LogP contribution < -0.4 is 19.1 Å². The number of hydrogen-bond donors (Lipinski definition) is 2. The fourth-order valence-electron chi connectivity index (χ4n) is 4.14. The standard InChI is InChI=1S/C28H24FN3O6S2/c29-21-10-12-23(13-11-21)31-40(36,37)24-16-14-22(15-17-24)30-28(33)27-18-32(25-8-4-5-9-26(25)38-27)39(34,35)19-20-6-2-1-3-7-20/h1-17,27,31H,18-19H2,(H,30,33)/t27-/m1/s1. The van der Waals surface area contributed by atoms with Crippen LogP contribution in [0.5, 0.6) is 5.75 Å². The van der Waals surface area contributed by atoms with E-state index in [9.17, 15) is 26.0 Å². The van der Waals surface area contributed by atoms with Crippen LogP contribution in [0.4, 0.5) is 21.5 Å². The molecule has 1 heterocycles. The fourth-order valence-corrected chi connectivity index (χ4v) is 6.78. The highest BCUT2D eigenvalue weighted by atomic mass is 32.2. The smallest absolute Gasteiger partial charge is 0.267 e. The van der Waals surface area contributed by atoms with Crippen molar-refractivity contribution in [1.29, 1.82) is 0 Å². The van der Waals surface area contributed by atoms with Crippen LogP contribution in [-0.2, 0) is 30.6 Å². The van der Waals surface area contributed by atoms with Crippen molar-refractivity contribution in [1.82, 2.24) is 0 Å². The second-order valence-corrected chi connectivity index (χ2v) is 12.5. The van der Waals surface area contributed by atoms with Gasteiger partial charge in [0.1, 0.15) is 11.6 Å². The van der Waals surface area contributed by atoms with Gasteiger partial charge >= 0.3 is 0 Å². The van der Waals surface area contributed by atoms with Gasteiger partial charge in [0.25, 0.3) is 15.9 Å². The number of carbonyl (C=O) groups excluding carboxylic acids is 1. The summed E-state index contributed by atoms with van der Waals surface area (Å²) in [5.74, 6) is -1.10. The Hall–Kier alpha value is -4.42. The molecule has 4 aromatic carbocycles. The molecule has 4 aromatic rings. The van der Waals surface area contributed by atoms with Crippen LogP contribution in [0.3, 0.4) is 0 Å². The topological polar surface area (TPSA) is 122 Å². The number of nitrogens with zero attached hydrogens (tertiary/aromatic N) is 1. The molecule has 0 fully saturated rings. The van der Waals surface area contributed by atoms with Gasteiger partial charge in [0, 0.05) is 11.4 Å². The van der Waals surface area contributed by atoms with Crippen molar-refractivity contribution >= 4 is 43.0 Å². The fraction of sp³-hybridized carbons (Fsp3) is 0.107. The number of para-hydroxylation sites is 2. The zero-order valence-corrected chi connectivity index (χ0v) is 22.5. The lowest BCUT2D eigenvalue weighted by atomic mass is 10.2. The number of ether oxygens (including phenoxy) is 1. The highest BCUT2D eigenvalue weighted by molar-refractivity contribution is 7.92. The van der Waals surface area contributed by atoms with Crippen LogP contribution in [0.25, 0.3) is 0 Å². The minimum Gasteiger partial charge on any atom is -0.476 e. The Kier molecular flexibility index (Phi) is 7.46. The minimum atomic E-state index is -3.96. The summed E-state index contributed by atoms with van der Waals surface area (Å²) >= 11 is 0. The van der Waals surface area contributed by atoms with Gasteiger partial charge in [-0.15, -0.1) is 0 Å². The minimum absolute atomic E-state index is 0.0733. The summed E-state index contributed by atoms with van der Waals surface area (Å²) in [5.41, 5.74) is 1.43. The van der Waals surface area contributed by atoms with E-state index in [1.165, 1.54) is 40.7 Å². The Bertz CT molecular complexity index is 1730. The van der Waals surface area contributed by atoms with Crippen molar-refractivity contribution in [2.24, 2.45) is 0 Å². The molecule has 0 spiro atoms. The van der Waals surface area contributed by atoms with Crippen LogP contribution in [0.2, 0.25) is 0 Å². The van der Waals surface area contributed by atoms with Crippen LogP contribution in [0.1, 0.15) is 5.56 Å². The first kappa shape index (κ1) is 27.2. The summed E-state index contributed by atoms with van der Waals surface area (Å²) in [6.45, 7) is -0.244. The molecule has 0 radical (unpaired) electrons. The lowest BCUT2D eigenvalue weighted by molar-refractivity contribution is -0.122. The van der Waals surface area contributed by atoms with E-state index < -0.39 is 37.9 Å². The lowest BCUT2D eigenvalue weighted by Gasteiger charge is -2.34.